The molecule has 144 valence electrons. The van der Waals surface area contributed by atoms with E-state index in [9.17, 15) is 14.9 Å². The maximum absolute atomic E-state index is 12.9. The van der Waals surface area contributed by atoms with E-state index in [1.165, 1.54) is 9.80 Å². The first-order valence-electron chi connectivity index (χ1n) is 9.47. The van der Waals surface area contributed by atoms with Crippen LogP contribution in [0.5, 0.6) is 0 Å². The van der Waals surface area contributed by atoms with E-state index < -0.39 is 5.91 Å². The monoisotopic (exact) mass is 393 g/mol. The van der Waals surface area contributed by atoms with Crippen LogP contribution in [0.3, 0.4) is 0 Å². The molecule has 1 aromatic carbocycles. The lowest BCUT2D eigenvalue weighted by molar-refractivity contribution is -0.140. The van der Waals surface area contributed by atoms with Crippen molar-refractivity contribution in [3.63, 3.8) is 0 Å². The number of anilines is 1. The molecule has 2 aliphatic heterocycles. The lowest BCUT2D eigenvalue weighted by Crippen LogP contribution is -2.43. The van der Waals surface area contributed by atoms with Gasteiger partial charge in [-0.25, -0.2) is 0 Å². The minimum absolute atomic E-state index is 0.0510. The Balaban J connectivity index is 1.99. The van der Waals surface area contributed by atoms with Crippen molar-refractivity contribution in [2.45, 2.75) is 38.5 Å². The van der Waals surface area contributed by atoms with Gasteiger partial charge >= 0.3 is 0 Å². The highest BCUT2D eigenvalue weighted by Crippen LogP contribution is 2.45. The first-order valence-corrected chi connectivity index (χ1v) is 10.3. The van der Waals surface area contributed by atoms with Crippen molar-refractivity contribution in [2.75, 3.05) is 18.0 Å². The van der Waals surface area contributed by atoms with Gasteiger partial charge in [-0.2, -0.15) is 5.26 Å². The number of hydrogen-bond donors (Lipinski definition) is 0. The molecule has 0 spiro atoms. The van der Waals surface area contributed by atoms with E-state index in [2.05, 4.69) is 24.0 Å². The van der Waals surface area contributed by atoms with Crippen molar-refractivity contribution >= 4 is 29.3 Å². The number of imide groups is 1. The van der Waals surface area contributed by atoms with Crippen LogP contribution in [-0.4, -0.2) is 29.8 Å². The summed E-state index contributed by atoms with van der Waals surface area (Å²) >= 11 is 1.65. The Morgan fingerprint density at radius 3 is 2.54 bits per heavy atom. The molecule has 2 aliphatic rings. The molecule has 0 atom stereocenters. The predicted molar refractivity (Wildman–Crippen MR) is 111 cm³/mol. The van der Waals surface area contributed by atoms with Gasteiger partial charge in [-0.05, 0) is 50.1 Å². The molecule has 0 saturated carbocycles. The third-order valence-electron chi connectivity index (χ3n) is 4.91. The number of hydrogen-bond acceptors (Lipinski definition) is 5. The van der Waals surface area contributed by atoms with Crippen molar-refractivity contribution in [3.05, 3.63) is 58.2 Å². The third-order valence-corrected chi connectivity index (χ3v) is 6.04. The first-order chi connectivity index (χ1) is 13.5. The number of unbranched alkanes of at least 4 members (excludes halogenated alkanes) is 1. The van der Waals surface area contributed by atoms with Crippen molar-refractivity contribution in [2.24, 2.45) is 0 Å². The number of nitriles is 1. The number of amides is 2. The van der Waals surface area contributed by atoms with Crippen LogP contribution in [-0.2, 0) is 9.59 Å². The molecule has 0 N–H and O–H groups in total. The molecule has 0 bridgehead atoms. The molecule has 0 saturated heterocycles. The highest BCUT2D eigenvalue weighted by molar-refractivity contribution is 8.03. The molecular weight excluding hydrogens is 370 g/mol. The van der Waals surface area contributed by atoms with Crippen molar-refractivity contribution in [1.29, 1.82) is 5.26 Å². The summed E-state index contributed by atoms with van der Waals surface area (Å²) in [7, 11) is 0. The van der Waals surface area contributed by atoms with Crippen molar-refractivity contribution in [1.82, 2.24) is 4.90 Å². The Morgan fingerprint density at radius 2 is 1.86 bits per heavy atom. The second-order valence-corrected chi connectivity index (χ2v) is 7.69. The van der Waals surface area contributed by atoms with Gasteiger partial charge in [-0.3, -0.25) is 14.5 Å². The fourth-order valence-electron chi connectivity index (χ4n) is 3.33. The lowest BCUT2D eigenvalue weighted by Gasteiger charge is -2.27. The van der Waals surface area contributed by atoms with Gasteiger partial charge in [0.15, 0.2) is 0 Å². The standard InChI is InChI=1S/C22H23N3O2S/c1-4-6-13-25-21(26)16(15(3)17(14-23)22(25)27)11-12-20-24(5-2)18-9-7-8-10-19(18)28-20/h7-12H,4-6,13H2,1-3H3/b16-11-,20-12+. The first kappa shape index (κ1) is 20.0. The summed E-state index contributed by atoms with van der Waals surface area (Å²) in [5.41, 5.74) is 2.06. The summed E-state index contributed by atoms with van der Waals surface area (Å²) < 4.78 is 0. The van der Waals surface area contributed by atoms with E-state index in [0.29, 0.717) is 17.7 Å². The van der Waals surface area contributed by atoms with Crippen LogP contribution in [0.4, 0.5) is 5.69 Å². The number of thioether (sulfide) groups is 1. The molecule has 6 heteroatoms. The van der Waals surface area contributed by atoms with E-state index >= 15 is 0 Å². The Hall–Kier alpha value is -2.78. The smallest absolute Gasteiger partial charge is 0.271 e. The molecule has 1 aromatic rings. The number of allylic oxidation sites excluding steroid dienone is 2. The second kappa shape index (κ2) is 8.49. The lowest BCUT2D eigenvalue weighted by atomic mass is 9.95. The average Bonchev–Trinajstić information content (AvgIpc) is 3.05. The summed E-state index contributed by atoms with van der Waals surface area (Å²) in [6.07, 6.45) is 5.24. The van der Waals surface area contributed by atoms with Gasteiger partial charge in [0.25, 0.3) is 11.8 Å². The zero-order valence-electron chi connectivity index (χ0n) is 16.4. The maximum atomic E-state index is 12.9. The number of fused-ring (bicyclic) bond motifs is 1. The minimum Gasteiger partial charge on any atom is -0.335 e. The molecule has 28 heavy (non-hydrogen) atoms. The summed E-state index contributed by atoms with van der Waals surface area (Å²) in [5.74, 6) is -0.809. The van der Waals surface area contributed by atoms with Crippen molar-refractivity contribution in [3.8, 4) is 6.07 Å². The SMILES string of the molecule is CCCCN1C(=O)C(C#N)=C(C)/C(=C/C=C2/Sc3ccccc3N2CC)C1=O. The maximum Gasteiger partial charge on any atom is 0.271 e. The summed E-state index contributed by atoms with van der Waals surface area (Å²) in [6.45, 7) is 6.90. The predicted octanol–water partition coefficient (Wildman–Crippen LogP) is 4.40. The van der Waals surface area contributed by atoms with Crippen LogP contribution in [0, 0.1) is 11.3 Å². The van der Waals surface area contributed by atoms with Gasteiger partial charge in [0, 0.05) is 23.6 Å². The number of nitrogens with zero attached hydrogens (tertiary/aromatic N) is 3. The van der Waals surface area contributed by atoms with Gasteiger partial charge in [0.1, 0.15) is 11.6 Å². The summed E-state index contributed by atoms with van der Waals surface area (Å²) in [6, 6.07) is 10.2. The summed E-state index contributed by atoms with van der Waals surface area (Å²) in [4.78, 5) is 30.0. The molecule has 0 unspecified atom stereocenters. The quantitative estimate of drug-likeness (QED) is 0.548. The van der Waals surface area contributed by atoms with Crippen LogP contribution in [0.15, 0.2) is 63.1 Å². The van der Waals surface area contributed by atoms with Crippen LogP contribution in [0.25, 0.3) is 0 Å². The Kier molecular flexibility index (Phi) is 6.05. The van der Waals surface area contributed by atoms with E-state index in [4.69, 9.17) is 0 Å². The number of benzene rings is 1. The number of rotatable bonds is 5. The molecule has 2 amide bonds. The third kappa shape index (κ3) is 3.50. The van der Waals surface area contributed by atoms with E-state index in [0.717, 1.165) is 30.1 Å². The zero-order chi connectivity index (χ0) is 20.3. The molecule has 0 fully saturated rings. The van der Waals surface area contributed by atoms with Crippen LogP contribution < -0.4 is 4.90 Å². The van der Waals surface area contributed by atoms with Gasteiger partial charge in [-0.15, -0.1) is 0 Å². The fourth-order valence-corrected chi connectivity index (χ4v) is 4.46. The van der Waals surface area contributed by atoms with Gasteiger partial charge in [0.2, 0.25) is 0 Å². The Morgan fingerprint density at radius 1 is 1.11 bits per heavy atom. The van der Waals surface area contributed by atoms with E-state index in [1.807, 2.05) is 31.2 Å². The van der Waals surface area contributed by atoms with E-state index in [-0.39, 0.29) is 11.5 Å². The van der Waals surface area contributed by atoms with Gasteiger partial charge in [0.05, 0.1) is 10.7 Å². The molecule has 0 aliphatic carbocycles. The van der Waals surface area contributed by atoms with Crippen LogP contribution in [0.2, 0.25) is 0 Å². The minimum atomic E-state index is -0.485. The molecule has 3 rings (SSSR count). The summed E-state index contributed by atoms with van der Waals surface area (Å²) in [5, 5.41) is 10.5. The normalized spacial score (nSPS) is 19.6. The Bertz CT molecular complexity index is 953. The van der Waals surface area contributed by atoms with E-state index in [1.54, 1.807) is 24.8 Å². The topological polar surface area (TPSA) is 64.4 Å². The van der Waals surface area contributed by atoms with Crippen LogP contribution in [0.1, 0.15) is 33.6 Å². The zero-order valence-corrected chi connectivity index (χ0v) is 17.2. The largest absolute Gasteiger partial charge is 0.335 e. The molecule has 0 aromatic heterocycles. The highest BCUT2D eigenvalue weighted by Gasteiger charge is 2.34. The highest BCUT2D eigenvalue weighted by atomic mass is 32.2. The average molecular weight is 394 g/mol. The molecule has 2 heterocycles. The second-order valence-electron chi connectivity index (χ2n) is 6.63. The van der Waals surface area contributed by atoms with Gasteiger partial charge < -0.3 is 4.90 Å². The molecule has 5 nitrogen and oxygen atoms in total. The van der Waals surface area contributed by atoms with Crippen molar-refractivity contribution < 1.29 is 9.59 Å². The number of carbonyl (C=O) groups is 2. The number of carbonyl (C=O) groups excluding carboxylic acids is 2. The number of para-hydroxylation sites is 1. The molecule has 0 radical (unpaired) electrons. The van der Waals surface area contributed by atoms with Gasteiger partial charge in [-0.1, -0.05) is 37.2 Å². The fraction of sp³-hybridized carbons (Fsp3) is 0.318. The Labute approximate surface area is 170 Å². The van der Waals surface area contributed by atoms with Crippen LogP contribution >= 0.6 is 11.8 Å². The molecular formula is C22H23N3O2S.